The summed E-state index contributed by atoms with van der Waals surface area (Å²) in [5, 5.41) is 30.1. The average Bonchev–Trinajstić information content (AvgIpc) is 4.05. The van der Waals surface area contributed by atoms with Crippen molar-refractivity contribution in [2.75, 3.05) is 26.4 Å². The monoisotopic (exact) mass is 726 g/mol. The van der Waals surface area contributed by atoms with E-state index in [2.05, 4.69) is 12.1 Å². The maximum absolute atomic E-state index is 10.1. The molecular formula is C44H56AlLiN2O5. The van der Waals surface area contributed by atoms with Crippen molar-refractivity contribution >= 4 is 28.7 Å². The van der Waals surface area contributed by atoms with E-state index < -0.39 is 0 Å². The van der Waals surface area contributed by atoms with Gasteiger partial charge in [-0.2, -0.15) is 0 Å². The van der Waals surface area contributed by atoms with Gasteiger partial charge in [-0.3, -0.25) is 0 Å². The van der Waals surface area contributed by atoms with Gasteiger partial charge in [0, 0.05) is 26.4 Å². The van der Waals surface area contributed by atoms with E-state index in [1.807, 2.05) is 97.1 Å². The molecule has 0 amide bonds. The SMILES string of the molecule is C1CCOC1.C1CCOC1.[Al+3].[Li+].[O-]Cc1ccccc1.[O-]Cc1ccccc1.c1ccc(Oc2ccccc2[N-]C2CCCC2)c([N-]C2CCCC2)c1. The molecular weight excluding hydrogens is 670 g/mol. The Balaban J connectivity index is 0.000000281. The second-order valence-corrected chi connectivity index (χ2v) is 13.1. The molecule has 2 heterocycles. The van der Waals surface area contributed by atoms with Crippen molar-refractivity contribution < 1.29 is 43.3 Å². The van der Waals surface area contributed by atoms with Gasteiger partial charge in [0.05, 0.1) is 0 Å². The molecule has 0 atom stereocenters. The molecule has 0 aromatic heterocycles. The first kappa shape index (κ1) is 46.4. The Bertz CT molecular complexity index is 1310. The Morgan fingerprint density at radius 2 is 0.792 bits per heavy atom. The summed E-state index contributed by atoms with van der Waals surface area (Å²) in [6.45, 7) is 3.78. The molecule has 2 aliphatic carbocycles. The quantitative estimate of drug-likeness (QED) is 0.189. The molecule has 0 radical (unpaired) electrons. The van der Waals surface area contributed by atoms with Crippen LogP contribution >= 0.6 is 0 Å². The Morgan fingerprint density at radius 1 is 0.472 bits per heavy atom. The fourth-order valence-corrected chi connectivity index (χ4v) is 6.05. The maximum atomic E-state index is 10.1. The van der Waals surface area contributed by atoms with Gasteiger partial charge in [-0.25, -0.2) is 0 Å². The molecule has 7 nitrogen and oxygen atoms in total. The second kappa shape index (κ2) is 29.6. The van der Waals surface area contributed by atoms with E-state index >= 15 is 0 Å². The van der Waals surface area contributed by atoms with E-state index in [1.165, 1.54) is 77.0 Å². The number of rotatable bonds is 8. The van der Waals surface area contributed by atoms with Gasteiger partial charge in [-0.1, -0.05) is 171 Å². The molecule has 53 heavy (non-hydrogen) atoms. The Hall–Kier alpha value is -2.75. The van der Waals surface area contributed by atoms with Crippen molar-refractivity contribution in [3.63, 3.8) is 0 Å². The molecule has 4 aromatic carbocycles. The maximum Gasteiger partial charge on any atom is 3.00 e. The Labute approximate surface area is 341 Å². The Kier molecular flexibility index (Phi) is 25.9. The van der Waals surface area contributed by atoms with Crippen LogP contribution in [0, 0.1) is 0 Å². The first-order valence-corrected chi connectivity index (χ1v) is 18.9. The number of para-hydroxylation sites is 4. The third-order valence-electron chi connectivity index (χ3n) is 8.92. The molecule has 2 saturated heterocycles. The number of nitrogens with zero attached hydrogens (tertiary/aromatic N) is 2. The van der Waals surface area contributed by atoms with Gasteiger partial charge in [0.2, 0.25) is 0 Å². The first-order valence-electron chi connectivity index (χ1n) is 18.9. The summed E-state index contributed by atoms with van der Waals surface area (Å²) >= 11 is 0. The van der Waals surface area contributed by atoms with Gasteiger partial charge in [0.25, 0.3) is 0 Å². The van der Waals surface area contributed by atoms with E-state index in [4.69, 9.17) is 24.8 Å². The van der Waals surface area contributed by atoms with E-state index in [1.54, 1.807) is 0 Å². The van der Waals surface area contributed by atoms with Gasteiger partial charge in [-0.15, -0.1) is 25.3 Å². The van der Waals surface area contributed by atoms with Crippen LogP contribution in [0.1, 0.15) is 88.2 Å². The molecule has 2 saturated carbocycles. The van der Waals surface area contributed by atoms with Gasteiger partial charge >= 0.3 is 36.2 Å². The number of benzene rings is 4. The van der Waals surface area contributed by atoms with Crippen molar-refractivity contribution in [1.82, 2.24) is 0 Å². The van der Waals surface area contributed by atoms with Crippen LogP contribution in [0.5, 0.6) is 11.5 Å². The number of hydrogen-bond donors (Lipinski definition) is 0. The molecule has 8 rings (SSSR count). The van der Waals surface area contributed by atoms with E-state index in [0.717, 1.165) is 60.4 Å². The smallest absolute Gasteiger partial charge is 0.851 e. The first-order chi connectivity index (χ1) is 25.2. The average molecular weight is 727 g/mol. The fourth-order valence-electron chi connectivity index (χ4n) is 6.05. The predicted molar refractivity (Wildman–Crippen MR) is 210 cm³/mol. The zero-order valence-electron chi connectivity index (χ0n) is 31.8. The van der Waals surface area contributed by atoms with Crippen LogP contribution in [0.2, 0.25) is 0 Å². The predicted octanol–water partition coefficient (Wildman–Crippen LogP) is 6.69. The summed E-state index contributed by atoms with van der Waals surface area (Å²) in [6, 6.07) is 35.7. The molecule has 4 fully saturated rings. The molecule has 4 aliphatic rings. The third kappa shape index (κ3) is 19.4. The summed E-state index contributed by atoms with van der Waals surface area (Å²) in [4.78, 5) is 0. The summed E-state index contributed by atoms with van der Waals surface area (Å²) in [5.74, 6) is 1.67. The van der Waals surface area contributed by atoms with E-state index in [-0.39, 0.29) is 49.4 Å². The summed E-state index contributed by atoms with van der Waals surface area (Å²) in [5.41, 5.74) is 3.63. The molecule has 4 aromatic rings. The number of ether oxygens (including phenoxy) is 3. The van der Waals surface area contributed by atoms with Crippen molar-refractivity contribution in [3.8, 4) is 11.5 Å². The van der Waals surface area contributed by atoms with Crippen molar-refractivity contribution in [2.24, 2.45) is 0 Å². The largest absolute Gasteiger partial charge is 3.00 e. The zero-order valence-corrected chi connectivity index (χ0v) is 32.9. The standard InChI is InChI=1S/C22H26N2O.2C7H7O.2C4H8O.Al.Li/c1-2-10-17(9-1)23-19-13-5-7-15-21(19)25-22-16-8-6-14-20(22)24-18-11-3-4-12-18;2*8-6-7-4-2-1-3-5-7;2*1-2-4-5-3-1;;/h5-8,13-18H,1-4,9-12H2;2*1-5H,6H2;2*1-4H2;;/q-2;2*-1;;;+3;+1. The van der Waals surface area contributed by atoms with Crippen molar-refractivity contribution in [3.05, 3.63) is 131 Å². The molecule has 0 unspecified atom stereocenters. The van der Waals surface area contributed by atoms with Crippen molar-refractivity contribution in [2.45, 2.75) is 102 Å². The van der Waals surface area contributed by atoms with Crippen molar-refractivity contribution in [1.29, 1.82) is 0 Å². The van der Waals surface area contributed by atoms with Gasteiger partial charge < -0.3 is 35.1 Å². The van der Waals surface area contributed by atoms with Gasteiger partial charge in [0.15, 0.2) is 0 Å². The molecule has 9 heteroatoms. The molecule has 2 aliphatic heterocycles. The number of hydrogen-bond acceptors (Lipinski definition) is 5. The molecule has 0 N–H and O–H groups in total. The third-order valence-corrected chi connectivity index (χ3v) is 8.92. The van der Waals surface area contributed by atoms with E-state index in [9.17, 15) is 10.2 Å². The zero-order chi connectivity index (χ0) is 35.6. The minimum atomic E-state index is -0.110. The van der Waals surface area contributed by atoms with Crippen LogP contribution in [-0.2, 0) is 22.7 Å². The van der Waals surface area contributed by atoms with Gasteiger partial charge in [-0.05, 0) is 37.8 Å². The summed E-state index contributed by atoms with van der Waals surface area (Å²) < 4.78 is 16.2. The van der Waals surface area contributed by atoms with Crippen LogP contribution in [-0.4, -0.2) is 55.9 Å². The molecule has 0 spiro atoms. The molecule has 276 valence electrons. The minimum absolute atomic E-state index is 0. The molecule has 0 bridgehead atoms. The summed E-state index contributed by atoms with van der Waals surface area (Å²) in [6.07, 6.45) is 15.1. The van der Waals surface area contributed by atoms with Gasteiger partial charge in [0.1, 0.15) is 11.5 Å². The van der Waals surface area contributed by atoms with Crippen LogP contribution < -0.4 is 33.8 Å². The minimum Gasteiger partial charge on any atom is -0.851 e. The second-order valence-electron chi connectivity index (χ2n) is 13.1. The van der Waals surface area contributed by atoms with Crippen LogP contribution in [0.4, 0.5) is 11.4 Å². The fraction of sp³-hybridized carbons (Fsp3) is 0.455. The topological polar surface area (TPSA) is 102 Å². The van der Waals surface area contributed by atoms with E-state index in [0.29, 0.717) is 12.1 Å². The Morgan fingerprint density at radius 3 is 1.08 bits per heavy atom. The van der Waals surface area contributed by atoms with Crippen LogP contribution in [0.3, 0.4) is 0 Å². The van der Waals surface area contributed by atoms with Crippen LogP contribution in [0.15, 0.2) is 109 Å². The summed E-state index contributed by atoms with van der Waals surface area (Å²) in [7, 11) is 0. The normalized spacial score (nSPS) is 16.0. The van der Waals surface area contributed by atoms with Crippen LogP contribution in [0.25, 0.3) is 10.6 Å².